The molecule has 0 saturated carbocycles. The van der Waals surface area contributed by atoms with E-state index in [-0.39, 0.29) is 4.90 Å². The lowest BCUT2D eigenvalue weighted by molar-refractivity contribution is 0.178. The Hall–Kier alpha value is -1.69. The molecule has 2 aromatic carbocycles. The van der Waals surface area contributed by atoms with E-state index in [1.54, 1.807) is 31.2 Å². The number of hydrogen-bond donors (Lipinski definition) is 2. The van der Waals surface area contributed by atoms with Crippen molar-refractivity contribution in [1.82, 2.24) is 4.72 Å². The van der Waals surface area contributed by atoms with Crippen LogP contribution in [0, 0.1) is 0 Å². The third kappa shape index (κ3) is 4.14. The summed E-state index contributed by atoms with van der Waals surface area (Å²) in [5, 5.41) is 10.2. The predicted molar refractivity (Wildman–Crippen MR) is 82.4 cm³/mol. The Kier molecular flexibility index (Phi) is 5.12. The summed E-state index contributed by atoms with van der Waals surface area (Å²) >= 11 is 0. The average molecular weight is 305 g/mol. The molecule has 4 nitrogen and oxygen atoms in total. The zero-order chi connectivity index (χ0) is 15.3. The second kappa shape index (κ2) is 6.85. The number of benzene rings is 2. The van der Waals surface area contributed by atoms with Crippen LogP contribution in [0.2, 0.25) is 0 Å². The van der Waals surface area contributed by atoms with Gasteiger partial charge in [0.05, 0.1) is 11.0 Å². The standard InChI is InChI=1S/C16H19NO3S/c1-2-17-21(19,20)15-10-8-13(9-11-15)12-16(18)14-6-4-3-5-7-14/h3-11,16-18H,2,12H2,1H3. The lowest BCUT2D eigenvalue weighted by Crippen LogP contribution is -2.23. The van der Waals surface area contributed by atoms with Gasteiger partial charge in [-0.25, -0.2) is 13.1 Å². The number of rotatable bonds is 6. The lowest BCUT2D eigenvalue weighted by atomic mass is 10.0. The van der Waals surface area contributed by atoms with Crippen molar-refractivity contribution in [3.8, 4) is 0 Å². The van der Waals surface area contributed by atoms with E-state index in [0.717, 1.165) is 11.1 Å². The number of aliphatic hydroxyl groups excluding tert-OH is 1. The molecule has 5 heteroatoms. The van der Waals surface area contributed by atoms with E-state index < -0.39 is 16.1 Å². The van der Waals surface area contributed by atoms with Gasteiger partial charge in [0.1, 0.15) is 0 Å². The molecule has 0 heterocycles. The van der Waals surface area contributed by atoms with E-state index in [4.69, 9.17) is 0 Å². The molecular weight excluding hydrogens is 286 g/mol. The first-order valence-corrected chi connectivity index (χ1v) is 8.33. The first kappa shape index (κ1) is 15.7. The van der Waals surface area contributed by atoms with Gasteiger partial charge in [0.25, 0.3) is 0 Å². The van der Waals surface area contributed by atoms with Crippen LogP contribution in [-0.4, -0.2) is 20.1 Å². The van der Waals surface area contributed by atoms with Gasteiger partial charge in [-0.1, -0.05) is 49.4 Å². The summed E-state index contributed by atoms with van der Waals surface area (Å²) in [4.78, 5) is 0.238. The minimum atomic E-state index is -3.42. The fourth-order valence-corrected chi connectivity index (χ4v) is 3.14. The molecule has 0 saturated heterocycles. The average Bonchev–Trinajstić information content (AvgIpc) is 2.48. The summed E-state index contributed by atoms with van der Waals surface area (Å²) in [5.74, 6) is 0. The predicted octanol–water partition coefficient (Wildman–Crippen LogP) is 2.26. The fourth-order valence-electron chi connectivity index (χ4n) is 2.09. The van der Waals surface area contributed by atoms with Crippen LogP contribution >= 0.6 is 0 Å². The third-order valence-electron chi connectivity index (χ3n) is 3.18. The summed E-state index contributed by atoms with van der Waals surface area (Å²) < 4.78 is 26.1. The summed E-state index contributed by atoms with van der Waals surface area (Å²) in [7, 11) is -3.42. The van der Waals surface area contributed by atoms with Crippen LogP contribution < -0.4 is 4.72 Å². The molecule has 2 N–H and O–H groups in total. The Morgan fingerprint density at radius 3 is 2.24 bits per heavy atom. The third-order valence-corrected chi connectivity index (χ3v) is 4.74. The lowest BCUT2D eigenvalue weighted by Gasteiger charge is -2.11. The fraction of sp³-hybridized carbons (Fsp3) is 0.250. The van der Waals surface area contributed by atoms with Crippen molar-refractivity contribution in [2.24, 2.45) is 0 Å². The van der Waals surface area contributed by atoms with Crippen LogP contribution in [0.4, 0.5) is 0 Å². The van der Waals surface area contributed by atoms with Crippen molar-refractivity contribution in [3.05, 3.63) is 65.7 Å². The van der Waals surface area contributed by atoms with E-state index in [2.05, 4.69) is 4.72 Å². The van der Waals surface area contributed by atoms with Gasteiger partial charge < -0.3 is 5.11 Å². The molecule has 0 aliphatic heterocycles. The molecule has 0 bridgehead atoms. The number of sulfonamides is 1. The van der Waals surface area contributed by atoms with Crippen LogP contribution in [0.15, 0.2) is 59.5 Å². The molecule has 0 amide bonds. The van der Waals surface area contributed by atoms with E-state index in [9.17, 15) is 13.5 Å². The minimum absolute atomic E-state index is 0.238. The van der Waals surface area contributed by atoms with Crippen LogP contribution in [0.25, 0.3) is 0 Å². The Morgan fingerprint density at radius 1 is 1.05 bits per heavy atom. The van der Waals surface area contributed by atoms with Crippen LogP contribution in [0.1, 0.15) is 24.2 Å². The summed E-state index contributed by atoms with van der Waals surface area (Å²) in [6.45, 7) is 2.10. The smallest absolute Gasteiger partial charge is 0.240 e. The van der Waals surface area contributed by atoms with Crippen molar-refractivity contribution in [2.45, 2.75) is 24.3 Å². The second-order valence-corrected chi connectivity index (χ2v) is 6.54. The molecule has 0 radical (unpaired) electrons. The molecule has 2 aromatic rings. The Labute approximate surface area is 125 Å². The molecule has 0 spiro atoms. The summed E-state index contributed by atoms with van der Waals surface area (Å²) in [6.07, 6.45) is -0.145. The topological polar surface area (TPSA) is 66.4 Å². The van der Waals surface area contributed by atoms with E-state index in [0.29, 0.717) is 13.0 Å². The first-order valence-electron chi connectivity index (χ1n) is 6.84. The SMILES string of the molecule is CCNS(=O)(=O)c1ccc(CC(O)c2ccccc2)cc1. The van der Waals surface area contributed by atoms with E-state index in [1.165, 1.54) is 0 Å². The zero-order valence-corrected chi connectivity index (χ0v) is 12.7. The highest BCUT2D eigenvalue weighted by molar-refractivity contribution is 7.89. The van der Waals surface area contributed by atoms with Crippen molar-refractivity contribution >= 4 is 10.0 Å². The molecule has 21 heavy (non-hydrogen) atoms. The molecule has 0 fully saturated rings. The van der Waals surface area contributed by atoms with Crippen LogP contribution in [0.3, 0.4) is 0 Å². The normalized spacial score (nSPS) is 13.0. The van der Waals surface area contributed by atoms with Gasteiger partial charge in [0.2, 0.25) is 10.0 Å². The maximum absolute atomic E-state index is 11.8. The molecule has 112 valence electrons. The molecule has 0 aliphatic carbocycles. The quantitative estimate of drug-likeness (QED) is 0.860. The van der Waals surface area contributed by atoms with E-state index >= 15 is 0 Å². The number of nitrogens with one attached hydrogen (secondary N) is 1. The van der Waals surface area contributed by atoms with Gasteiger partial charge in [-0.2, -0.15) is 0 Å². The van der Waals surface area contributed by atoms with Gasteiger partial charge in [-0.15, -0.1) is 0 Å². The molecule has 0 aliphatic rings. The number of aliphatic hydroxyl groups is 1. The van der Waals surface area contributed by atoms with Gasteiger partial charge in [0, 0.05) is 13.0 Å². The van der Waals surface area contributed by atoms with Gasteiger partial charge in [0.15, 0.2) is 0 Å². The Balaban J connectivity index is 2.10. The highest BCUT2D eigenvalue weighted by Crippen LogP contribution is 2.19. The van der Waals surface area contributed by atoms with Gasteiger partial charge in [-0.05, 0) is 23.3 Å². The molecular formula is C16H19NO3S. The monoisotopic (exact) mass is 305 g/mol. The zero-order valence-electron chi connectivity index (χ0n) is 11.9. The van der Waals surface area contributed by atoms with Crippen molar-refractivity contribution < 1.29 is 13.5 Å². The van der Waals surface area contributed by atoms with Crippen LogP contribution in [-0.2, 0) is 16.4 Å². The van der Waals surface area contributed by atoms with Crippen molar-refractivity contribution in [3.63, 3.8) is 0 Å². The summed E-state index contributed by atoms with van der Waals surface area (Å²) in [5.41, 5.74) is 1.74. The largest absolute Gasteiger partial charge is 0.388 e. The highest BCUT2D eigenvalue weighted by atomic mass is 32.2. The molecule has 2 rings (SSSR count). The second-order valence-electron chi connectivity index (χ2n) is 4.78. The molecule has 1 atom stereocenters. The van der Waals surface area contributed by atoms with Crippen LogP contribution in [0.5, 0.6) is 0 Å². The highest BCUT2D eigenvalue weighted by Gasteiger charge is 2.13. The van der Waals surface area contributed by atoms with E-state index in [1.807, 2.05) is 30.3 Å². The maximum atomic E-state index is 11.8. The molecule has 1 unspecified atom stereocenters. The molecule has 0 aromatic heterocycles. The maximum Gasteiger partial charge on any atom is 0.240 e. The van der Waals surface area contributed by atoms with Gasteiger partial charge >= 0.3 is 0 Å². The Bertz CT molecular complexity index is 666. The number of hydrogen-bond acceptors (Lipinski definition) is 3. The van der Waals surface area contributed by atoms with Gasteiger partial charge in [-0.3, -0.25) is 0 Å². The minimum Gasteiger partial charge on any atom is -0.388 e. The van der Waals surface area contributed by atoms with Crippen molar-refractivity contribution in [1.29, 1.82) is 0 Å². The summed E-state index contributed by atoms with van der Waals surface area (Å²) in [6, 6.07) is 16.0. The van der Waals surface area contributed by atoms with Crippen molar-refractivity contribution in [2.75, 3.05) is 6.54 Å². The Morgan fingerprint density at radius 2 is 1.67 bits per heavy atom. The first-order chi connectivity index (χ1) is 10.0.